The Morgan fingerprint density at radius 1 is 1.86 bits per heavy atom. The van der Waals surface area contributed by atoms with Crippen LogP contribution in [0.15, 0.2) is 24.4 Å². The first-order chi connectivity index (χ1) is 3.29. The van der Waals surface area contributed by atoms with Gasteiger partial charge in [0, 0.05) is 12.5 Å². The van der Waals surface area contributed by atoms with Crippen molar-refractivity contribution in [2.24, 2.45) is 0 Å². The molecular formula is C5H6O2. The number of hydrogen-bond acceptors (Lipinski definition) is 2. The average Bonchev–Trinajstić information content (AvgIpc) is 1.87. The van der Waals surface area contributed by atoms with Gasteiger partial charge in [-0.1, -0.05) is 6.58 Å². The van der Waals surface area contributed by atoms with Crippen LogP contribution in [0.25, 0.3) is 0 Å². The predicted octanol–water partition coefficient (Wildman–Crippen LogP) is 1.32. The van der Waals surface area contributed by atoms with E-state index in [0.717, 1.165) is 0 Å². The van der Waals surface area contributed by atoms with Crippen molar-refractivity contribution in [3.05, 3.63) is 24.4 Å². The van der Waals surface area contributed by atoms with Gasteiger partial charge in [0.2, 0.25) is 0 Å². The van der Waals surface area contributed by atoms with Gasteiger partial charge in [-0.25, -0.2) is 0 Å². The zero-order valence-corrected chi connectivity index (χ0v) is 3.85. The topological polar surface area (TPSA) is 29.5 Å². The Balaban J connectivity index is 2.58. The SMILES string of the molecule is C=C1CC=C(O)O1. The quantitative estimate of drug-likeness (QED) is 0.495. The Labute approximate surface area is 41.7 Å². The van der Waals surface area contributed by atoms with Gasteiger partial charge in [-0.15, -0.1) is 0 Å². The molecule has 1 heterocycles. The second kappa shape index (κ2) is 1.30. The van der Waals surface area contributed by atoms with E-state index in [0.29, 0.717) is 12.2 Å². The fourth-order valence-electron chi connectivity index (χ4n) is 0.432. The molecule has 0 amide bonds. The summed E-state index contributed by atoms with van der Waals surface area (Å²) in [5, 5.41) is 8.48. The Morgan fingerprint density at radius 3 is 2.71 bits per heavy atom. The third kappa shape index (κ3) is 0.738. The van der Waals surface area contributed by atoms with E-state index >= 15 is 0 Å². The largest absolute Gasteiger partial charge is 0.481 e. The molecule has 0 radical (unpaired) electrons. The van der Waals surface area contributed by atoms with Gasteiger partial charge in [-0.05, 0) is 0 Å². The van der Waals surface area contributed by atoms with E-state index in [1.54, 1.807) is 6.08 Å². The molecule has 0 fully saturated rings. The summed E-state index contributed by atoms with van der Waals surface area (Å²) in [6, 6.07) is 0. The van der Waals surface area contributed by atoms with E-state index in [4.69, 9.17) is 5.11 Å². The van der Waals surface area contributed by atoms with Gasteiger partial charge in [0.15, 0.2) is 0 Å². The number of rotatable bonds is 0. The van der Waals surface area contributed by atoms with Crippen molar-refractivity contribution in [3.63, 3.8) is 0 Å². The number of aliphatic hydroxyl groups excluding tert-OH is 1. The lowest BCUT2D eigenvalue weighted by atomic mass is 10.4. The number of aliphatic hydroxyl groups is 1. The second-order valence-electron chi connectivity index (χ2n) is 1.39. The Kier molecular flexibility index (Phi) is 0.785. The molecule has 7 heavy (non-hydrogen) atoms. The Hall–Kier alpha value is -0.920. The third-order valence-corrected chi connectivity index (χ3v) is 0.753. The van der Waals surface area contributed by atoms with Crippen molar-refractivity contribution in [1.29, 1.82) is 0 Å². The van der Waals surface area contributed by atoms with E-state index in [1.807, 2.05) is 0 Å². The monoisotopic (exact) mass is 98.0 g/mol. The number of allylic oxidation sites excluding steroid dienone is 1. The average molecular weight is 98.1 g/mol. The molecule has 0 aromatic heterocycles. The molecule has 0 aliphatic carbocycles. The maximum atomic E-state index is 8.48. The van der Waals surface area contributed by atoms with Gasteiger partial charge >= 0.3 is 0 Å². The Bertz CT molecular complexity index is 124. The van der Waals surface area contributed by atoms with Crippen molar-refractivity contribution in [2.75, 3.05) is 0 Å². The summed E-state index contributed by atoms with van der Waals surface area (Å²) in [5.41, 5.74) is 0. The van der Waals surface area contributed by atoms with Gasteiger partial charge in [0.1, 0.15) is 5.76 Å². The first-order valence-electron chi connectivity index (χ1n) is 2.04. The summed E-state index contributed by atoms with van der Waals surface area (Å²) in [6.07, 6.45) is 2.22. The van der Waals surface area contributed by atoms with Gasteiger partial charge in [-0.2, -0.15) is 0 Å². The summed E-state index contributed by atoms with van der Waals surface area (Å²) >= 11 is 0. The summed E-state index contributed by atoms with van der Waals surface area (Å²) in [5.74, 6) is 0.586. The molecule has 2 heteroatoms. The minimum absolute atomic E-state index is 0.0231. The Morgan fingerprint density at radius 2 is 2.57 bits per heavy atom. The minimum atomic E-state index is -0.0231. The lowest BCUT2D eigenvalue weighted by Gasteiger charge is -1.91. The molecule has 2 nitrogen and oxygen atoms in total. The molecule has 1 aliphatic rings. The molecule has 0 aromatic rings. The first kappa shape index (κ1) is 4.24. The van der Waals surface area contributed by atoms with Crippen LogP contribution in [0.2, 0.25) is 0 Å². The summed E-state index contributed by atoms with van der Waals surface area (Å²) in [6.45, 7) is 3.47. The van der Waals surface area contributed by atoms with E-state index in [-0.39, 0.29) is 5.95 Å². The van der Waals surface area contributed by atoms with Crippen LogP contribution in [0.5, 0.6) is 0 Å². The standard InChI is InChI=1S/C5H6O2/c1-4-2-3-5(6)7-4/h3,6H,1-2H2. The van der Waals surface area contributed by atoms with Gasteiger partial charge in [0.05, 0.1) is 0 Å². The zero-order valence-electron chi connectivity index (χ0n) is 3.85. The van der Waals surface area contributed by atoms with Crippen molar-refractivity contribution >= 4 is 0 Å². The molecule has 1 N–H and O–H groups in total. The number of hydrogen-bond donors (Lipinski definition) is 1. The number of ether oxygens (including phenoxy) is 1. The summed E-state index contributed by atoms with van der Waals surface area (Å²) < 4.78 is 4.58. The molecule has 0 aromatic carbocycles. The van der Waals surface area contributed by atoms with Crippen LogP contribution in [-0.2, 0) is 4.74 Å². The maximum Gasteiger partial charge on any atom is 0.278 e. The van der Waals surface area contributed by atoms with E-state index in [2.05, 4.69) is 11.3 Å². The molecule has 38 valence electrons. The smallest absolute Gasteiger partial charge is 0.278 e. The fourth-order valence-corrected chi connectivity index (χ4v) is 0.432. The molecule has 1 aliphatic heterocycles. The van der Waals surface area contributed by atoms with Gasteiger partial charge < -0.3 is 9.84 Å². The van der Waals surface area contributed by atoms with E-state index in [9.17, 15) is 0 Å². The van der Waals surface area contributed by atoms with Crippen molar-refractivity contribution < 1.29 is 9.84 Å². The van der Waals surface area contributed by atoms with Crippen molar-refractivity contribution in [2.45, 2.75) is 6.42 Å². The zero-order chi connectivity index (χ0) is 5.28. The highest BCUT2D eigenvalue weighted by atomic mass is 16.6. The molecule has 0 bridgehead atoms. The molecular weight excluding hydrogens is 92.1 g/mol. The van der Waals surface area contributed by atoms with E-state index in [1.165, 1.54) is 0 Å². The van der Waals surface area contributed by atoms with Gasteiger partial charge in [-0.3, -0.25) is 0 Å². The van der Waals surface area contributed by atoms with E-state index < -0.39 is 0 Å². The van der Waals surface area contributed by atoms with Crippen LogP contribution in [0.4, 0.5) is 0 Å². The molecule has 0 atom stereocenters. The lowest BCUT2D eigenvalue weighted by molar-refractivity contribution is 0.162. The molecule has 0 unspecified atom stereocenters. The highest BCUT2D eigenvalue weighted by Gasteiger charge is 2.04. The highest BCUT2D eigenvalue weighted by Crippen LogP contribution is 2.14. The second-order valence-corrected chi connectivity index (χ2v) is 1.39. The van der Waals surface area contributed by atoms with Crippen LogP contribution in [-0.4, -0.2) is 5.11 Å². The van der Waals surface area contributed by atoms with Crippen LogP contribution in [0.3, 0.4) is 0 Å². The predicted molar refractivity (Wildman–Crippen MR) is 25.6 cm³/mol. The normalized spacial score (nSPS) is 18.9. The molecule has 0 saturated heterocycles. The van der Waals surface area contributed by atoms with Crippen LogP contribution >= 0.6 is 0 Å². The minimum Gasteiger partial charge on any atom is -0.481 e. The van der Waals surface area contributed by atoms with Crippen LogP contribution < -0.4 is 0 Å². The fraction of sp³-hybridized carbons (Fsp3) is 0.200. The molecule has 1 rings (SSSR count). The highest BCUT2D eigenvalue weighted by molar-refractivity contribution is 5.04. The molecule has 0 saturated carbocycles. The van der Waals surface area contributed by atoms with Crippen molar-refractivity contribution in [3.8, 4) is 0 Å². The van der Waals surface area contributed by atoms with Crippen LogP contribution in [0, 0.1) is 0 Å². The third-order valence-electron chi connectivity index (χ3n) is 0.753. The lowest BCUT2D eigenvalue weighted by Crippen LogP contribution is -1.77. The maximum absolute atomic E-state index is 8.48. The van der Waals surface area contributed by atoms with Gasteiger partial charge in [0.25, 0.3) is 5.95 Å². The summed E-state index contributed by atoms with van der Waals surface area (Å²) in [7, 11) is 0. The van der Waals surface area contributed by atoms with Crippen LogP contribution in [0.1, 0.15) is 6.42 Å². The summed E-state index contributed by atoms with van der Waals surface area (Å²) in [4.78, 5) is 0. The van der Waals surface area contributed by atoms with Crippen molar-refractivity contribution in [1.82, 2.24) is 0 Å². The first-order valence-corrected chi connectivity index (χ1v) is 2.04. The molecule has 0 spiro atoms.